The molecule has 2 atom stereocenters. The van der Waals surface area contributed by atoms with Crippen molar-refractivity contribution in [2.45, 2.75) is 57.2 Å². The first-order valence-electron chi connectivity index (χ1n) is 13.4. The molecule has 0 aliphatic carbocycles. The summed E-state index contributed by atoms with van der Waals surface area (Å²) in [6, 6.07) is 25.6. The Labute approximate surface area is 220 Å². The number of carboxylic acid groups (broad SMARTS) is 1. The van der Waals surface area contributed by atoms with Gasteiger partial charge in [-0.25, -0.2) is 0 Å². The van der Waals surface area contributed by atoms with Gasteiger partial charge >= 0.3 is 5.97 Å². The van der Waals surface area contributed by atoms with Crippen molar-refractivity contribution >= 4 is 5.97 Å². The number of aliphatic carboxylic acids is 1. The normalized spacial score (nSPS) is 16.9. The lowest BCUT2D eigenvalue weighted by molar-refractivity contribution is -0.138. The lowest BCUT2D eigenvalue weighted by atomic mass is 9.72. The maximum Gasteiger partial charge on any atom is 0.310 e. The minimum Gasteiger partial charge on any atom is -0.481 e. The van der Waals surface area contributed by atoms with E-state index in [0.29, 0.717) is 6.42 Å². The molecule has 0 spiro atoms. The fourth-order valence-corrected chi connectivity index (χ4v) is 5.80. The Hall–Kier alpha value is -2.99. The molecule has 0 saturated carbocycles. The summed E-state index contributed by atoms with van der Waals surface area (Å²) in [6.45, 7) is 6.34. The standard InChI is InChI=1S/C32H39NO4/c1-23-22-25(15-16-29(23)24(2)31(35)36)30(34)14-9-19-33-20-17-28(18-21-33)32(37,26-10-5-3-6-11-26)27-12-7-4-8-13-27/h3-8,10-13,15-16,22,24,28,30,34,37H,9,14,17-21H2,1-2H3,(H,35,36). The zero-order valence-corrected chi connectivity index (χ0v) is 21.9. The summed E-state index contributed by atoms with van der Waals surface area (Å²) in [6.07, 6.45) is 2.79. The number of aliphatic hydroxyl groups is 2. The second-order valence-corrected chi connectivity index (χ2v) is 10.4. The number of benzene rings is 3. The average Bonchev–Trinajstić information content (AvgIpc) is 2.93. The molecular weight excluding hydrogens is 462 g/mol. The van der Waals surface area contributed by atoms with Crippen LogP contribution < -0.4 is 0 Å². The van der Waals surface area contributed by atoms with Crippen LogP contribution in [0.3, 0.4) is 0 Å². The quantitative estimate of drug-likeness (QED) is 0.335. The van der Waals surface area contributed by atoms with Crippen molar-refractivity contribution in [2.24, 2.45) is 5.92 Å². The summed E-state index contributed by atoms with van der Waals surface area (Å²) < 4.78 is 0. The van der Waals surface area contributed by atoms with Gasteiger partial charge in [0.2, 0.25) is 0 Å². The molecule has 0 bridgehead atoms. The van der Waals surface area contributed by atoms with Crippen LogP contribution in [0.15, 0.2) is 78.9 Å². The molecule has 1 fully saturated rings. The zero-order valence-electron chi connectivity index (χ0n) is 21.9. The number of aliphatic hydroxyl groups excluding tert-OH is 1. The predicted molar refractivity (Wildman–Crippen MR) is 146 cm³/mol. The molecule has 0 amide bonds. The summed E-state index contributed by atoms with van der Waals surface area (Å²) in [7, 11) is 0. The van der Waals surface area contributed by atoms with Gasteiger partial charge in [-0.3, -0.25) is 4.79 Å². The van der Waals surface area contributed by atoms with E-state index in [2.05, 4.69) is 4.90 Å². The Bertz CT molecular complexity index is 1120. The van der Waals surface area contributed by atoms with Crippen LogP contribution in [0.1, 0.15) is 72.4 Å². The van der Waals surface area contributed by atoms with E-state index < -0.39 is 23.6 Å². The van der Waals surface area contributed by atoms with Crippen LogP contribution in [0.25, 0.3) is 0 Å². The van der Waals surface area contributed by atoms with E-state index in [4.69, 9.17) is 0 Å². The maximum absolute atomic E-state index is 12.1. The molecule has 3 aromatic carbocycles. The van der Waals surface area contributed by atoms with E-state index in [1.54, 1.807) is 6.92 Å². The van der Waals surface area contributed by atoms with E-state index in [0.717, 1.165) is 66.7 Å². The van der Waals surface area contributed by atoms with E-state index in [1.165, 1.54) is 0 Å². The number of carbonyl (C=O) groups is 1. The Balaban J connectivity index is 1.32. The Morgan fingerprint density at radius 3 is 2.05 bits per heavy atom. The number of likely N-dealkylation sites (tertiary alicyclic amines) is 1. The fraction of sp³-hybridized carbons (Fsp3) is 0.406. The second kappa shape index (κ2) is 12.0. The minimum absolute atomic E-state index is 0.133. The Morgan fingerprint density at radius 2 is 1.54 bits per heavy atom. The molecule has 1 saturated heterocycles. The molecule has 1 aliphatic rings. The Kier molecular flexibility index (Phi) is 8.80. The van der Waals surface area contributed by atoms with Gasteiger partial charge in [-0.15, -0.1) is 0 Å². The molecule has 4 rings (SSSR count). The van der Waals surface area contributed by atoms with Crippen molar-refractivity contribution in [3.63, 3.8) is 0 Å². The van der Waals surface area contributed by atoms with Gasteiger partial charge in [0.15, 0.2) is 0 Å². The second-order valence-electron chi connectivity index (χ2n) is 10.4. The Morgan fingerprint density at radius 1 is 0.973 bits per heavy atom. The van der Waals surface area contributed by atoms with Gasteiger partial charge in [0.05, 0.1) is 12.0 Å². The van der Waals surface area contributed by atoms with Gasteiger partial charge in [0.1, 0.15) is 5.60 Å². The van der Waals surface area contributed by atoms with Crippen LogP contribution in [-0.2, 0) is 10.4 Å². The summed E-state index contributed by atoms with van der Waals surface area (Å²) in [5.41, 5.74) is 3.42. The summed E-state index contributed by atoms with van der Waals surface area (Å²) in [4.78, 5) is 13.7. The van der Waals surface area contributed by atoms with Gasteiger partial charge in [-0.05, 0) is 92.9 Å². The summed E-state index contributed by atoms with van der Waals surface area (Å²) >= 11 is 0. The van der Waals surface area contributed by atoms with E-state index in [1.807, 2.05) is 85.8 Å². The monoisotopic (exact) mass is 501 g/mol. The maximum atomic E-state index is 12.1. The third-order valence-electron chi connectivity index (χ3n) is 8.07. The van der Waals surface area contributed by atoms with Gasteiger partial charge in [-0.2, -0.15) is 0 Å². The first kappa shape index (κ1) is 27.1. The molecule has 1 aliphatic heterocycles. The van der Waals surface area contributed by atoms with Crippen molar-refractivity contribution in [2.75, 3.05) is 19.6 Å². The molecule has 1 heterocycles. The van der Waals surface area contributed by atoms with Crippen LogP contribution in [0, 0.1) is 12.8 Å². The zero-order chi connectivity index (χ0) is 26.4. The first-order chi connectivity index (χ1) is 17.8. The van der Waals surface area contributed by atoms with Crippen LogP contribution >= 0.6 is 0 Å². The van der Waals surface area contributed by atoms with Gasteiger partial charge in [0.25, 0.3) is 0 Å². The van der Waals surface area contributed by atoms with E-state index >= 15 is 0 Å². The molecule has 0 radical (unpaired) electrons. The van der Waals surface area contributed by atoms with E-state index in [9.17, 15) is 20.1 Å². The lowest BCUT2D eigenvalue weighted by Gasteiger charge is -2.42. The molecule has 3 aromatic rings. The number of hydrogen-bond donors (Lipinski definition) is 3. The van der Waals surface area contributed by atoms with Crippen molar-refractivity contribution in [1.82, 2.24) is 4.90 Å². The topological polar surface area (TPSA) is 81.0 Å². The number of aryl methyl sites for hydroxylation is 1. The van der Waals surface area contributed by atoms with Crippen LogP contribution in [0.2, 0.25) is 0 Å². The van der Waals surface area contributed by atoms with Crippen molar-refractivity contribution < 1.29 is 20.1 Å². The van der Waals surface area contributed by atoms with Crippen molar-refractivity contribution in [3.8, 4) is 0 Å². The summed E-state index contributed by atoms with van der Waals surface area (Å²) in [5, 5.41) is 32.1. The smallest absolute Gasteiger partial charge is 0.310 e. The average molecular weight is 502 g/mol. The van der Waals surface area contributed by atoms with Crippen LogP contribution in [0.4, 0.5) is 0 Å². The minimum atomic E-state index is -1.01. The number of carboxylic acids is 1. The summed E-state index contributed by atoms with van der Waals surface area (Å²) in [5.74, 6) is -1.27. The molecule has 5 nitrogen and oxygen atoms in total. The highest BCUT2D eigenvalue weighted by atomic mass is 16.4. The van der Waals surface area contributed by atoms with Crippen LogP contribution in [0.5, 0.6) is 0 Å². The molecule has 0 aromatic heterocycles. The predicted octanol–water partition coefficient (Wildman–Crippen LogP) is 5.64. The molecule has 3 N–H and O–H groups in total. The fourth-order valence-electron chi connectivity index (χ4n) is 5.80. The molecule has 5 heteroatoms. The van der Waals surface area contributed by atoms with Crippen molar-refractivity contribution in [1.29, 1.82) is 0 Å². The highest BCUT2D eigenvalue weighted by Gasteiger charge is 2.41. The van der Waals surface area contributed by atoms with Gasteiger partial charge in [-0.1, -0.05) is 78.9 Å². The van der Waals surface area contributed by atoms with Crippen molar-refractivity contribution in [3.05, 3.63) is 107 Å². The highest BCUT2D eigenvalue weighted by molar-refractivity contribution is 5.76. The first-order valence-corrected chi connectivity index (χ1v) is 13.4. The number of rotatable bonds is 10. The molecule has 196 valence electrons. The molecular formula is C32H39NO4. The number of hydrogen-bond acceptors (Lipinski definition) is 4. The third-order valence-corrected chi connectivity index (χ3v) is 8.07. The lowest BCUT2D eigenvalue weighted by Crippen LogP contribution is -2.44. The third kappa shape index (κ3) is 6.12. The number of piperidine rings is 1. The molecule has 37 heavy (non-hydrogen) atoms. The van der Waals surface area contributed by atoms with E-state index in [-0.39, 0.29) is 5.92 Å². The molecule has 2 unspecified atom stereocenters. The SMILES string of the molecule is Cc1cc(C(O)CCCN2CCC(C(O)(c3ccccc3)c3ccccc3)CC2)ccc1C(C)C(=O)O. The van der Waals surface area contributed by atoms with Gasteiger partial charge < -0.3 is 20.2 Å². The van der Waals surface area contributed by atoms with Crippen LogP contribution in [-0.4, -0.2) is 45.8 Å². The largest absolute Gasteiger partial charge is 0.481 e. The number of nitrogens with zero attached hydrogens (tertiary/aromatic N) is 1. The highest BCUT2D eigenvalue weighted by Crippen LogP contribution is 2.42. The van der Waals surface area contributed by atoms with Gasteiger partial charge in [0, 0.05) is 0 Å².